The lowest BCUT2D eigenvalue weighted by Gasteiger charge is -2.18. The third-order valence-electron chi connectivity index (χ3n) is 2.25. The number of anilines is 2. The van der Waals surface area contributed by atoms with Crippen LogP contribution in [0.4, 0.5) is 11.4 Å². The fraction of sp³-hybridized carbons (Fsp3) is 0.538. The van der Waals surface area contributed by atoms with Gasteiger partial charge in [0, 0.05) is 13.2 Å². The maximum Gasteiger partial charge on any atom is 0.144 e. The summed E-state index contributed by atoms with van der Waals surface area (Å²) >= 11 is 0. The number of nitrogen functional groups attached to an aromatic ring is 1. The first-order chi connectivity index (χ1) is 8.04. The van der Waals surface area contributed by atoms with Crippen LogP contribution in [-0.2, 0) is 4.74 Å². The third-order valence-corrected chi connectivity index (χ3v) is 2.25. The zero-order valence-corrected chi connectivity index (χ0v) is 11.0. The quantitative estimate of drug-likeness (QED) is 0.748. The van der Waals surface area contributed by atoms with Crippen LogP contribution in [-0.4, -0.2) is 25.9 Å². The first-order valence-corrected chi connectivity index (χ1v) is 5.85. The molecule has 0 saturated carbocycles. The van der Waals surface area contributed by atoms with E-state index in [4.69, 9.17) is 15.2 Å². The first-order valence-electron chi connectivity index (χ1n) is 5.85. The molecular formula is C13H22N2O2. The zero-order valence-electron chi connectivity index (χ0n) is 11.0. The van der Waals surface area contributed by atoms with E-state index in [1.54, 1.807) is 7.11 Å². The number of para-hydroxylation sites is 1. The first kappa shape index (κ1) is 13.6. The van der Waals surface area contributed by atoms with Gasteiger partial charge in [0.05, 0.1) is 24.1 Å². The van der Waals surface area contributed by atoms with E-state index in [0.717, 1.165) is 11.4 Å². The number of methoxy groups -OCH3 is 1. The van der Waals surface area contributed by atoms with Crippen molar-refractivity contribution in [3.8, 4) is 5.75 Å². The molecule has 3 N–H and O–H groups in total. The van der Waals surface area contributed by atoms with E-state index in [1.165, 1.54) is 0 Å². The van der Waals surface area contributed by atoms with Gasteiger partial charge in [0.2, 0.25) is 0 Å². The van der Waals surface area contributed by atoms with Crippen LogP contribution in [0, 0.1) is 0 Å². The largest absolute Gasteiger partial charge is 0.489 e. The second kappa shape index (κ2) is 6.35. The average Bonchev–Trinajstić information content (AvgIpc) is 2.23. The summed E-state index contributed by atoms with van der Waals surface area (Å²) in [4.78, 5) is 0. The summed E-state index contributed by atoms with van der Waals surface area (Å²) in [6.07, 6.45) is 0.115. The van der Waals surface area contributed by atoms with Gasteiger partial charge in [-0.15, -0.1) is 0 Å². The van der Waals surface area contributed by atoms with Crippen LogP contribution in [0.1, 0.15) is 20.8 Å². The Morgan fingerprint density at radius 2 is 2.00 bits per heavy atom. The maximum atomic E-state index is 6.05. The summed E-state index contributed by atoms with van der Waals surface area (Å²) in [6, 6.07) is 5.95. The Morgan fingerprint density at radius 1 is 1.29 bits per heavy atom. The second-order valence-corrected chi connectivity index (χ2v) is 4.38. The number of rotatable bonds is 6. The number of nitrogens with one attached hydrogen (secondary N) is 1. The third kappa shape index (κ3) is 4.15. The molecule has 1 unspecified atom stereocenters. The maximum absolute atomic E-state index is 6.05. The fourth-order valence-electron chi connectivity index (χ4n) is 1.58. The molecule has 0 bridgehead atoms. The number of hydrogen-bond donors (Lipinski definition) is 2. The zero-order chi connectivity index (χ0) is 12.8. The van der Waals surface area contributed by atoms with E-state index >= 15 is 0 Å². The summed E-state index contributed by atoms with van der Waals surface area (Å²) in [5.74, 6) is 0.717. The van der Waals surface area contributed by atoms with Gasteiger partial charge in [0.25, 0.3) is 0 Å². The van der Waals surface area contributed by atoms with Crippen molar-refractivity contribution in [3.63, 3.8) is 0 Å². The number of ether oxygens (including phenoxy) is 2. The van der Waals surface area contributed by atoms with Crippen molar-refractivity contribution in [2.24, 2.45) is 0 Å². The Labute approximate surface area is 103 Å². The molecule has 0 radical (unpaired) electrons. The van der Waals surface area contributed by atoms with Crippen LogP contribution in [0.3, 0.4) is 0 Å². The molecule has 1 rings (SSSR count). The van der Waals surface area contributed by atoms with Crippen LogP contribution < -0.4 is 15.8 Å². The lowest BCUT2D eigenvalue weighted by atomic mass is 10.2. The van der Waals surface area contributed by atoms with Crippen molar-refractivity contribution in [2.75, 3.05) is 24.8 Å². The predicted octanol–water partition coefficient (Wildman–Crippen LogP) is 2.50. The Morgan fingerprint density at radius 3 is 2.59 bits per heavy atom. The minimum Gasteiger partial charge on any atom is -0.489 e. The lowest BCUT2D eigenvalue weighted by molar-refractivity contribution is 0.190. The van der Waals surface area contributed by atoms with Gasteiger partial charge in [0.1, 0.15) is 5.75 Å². The molecular weight excluding hydrogens is 216 g/mol. The van der Waals surface area contributed by atoms with Gasteiger partial charge in [-0.1, -0.05) is 6.07 Å². The van der Waals surface area contributed by atoms with E-state index in [2.05, 4.69) is 5.32 Å². The molecule has 0 aromatic heterocycles. The molecule has 0 aliphatic carbocycles. The molecule has 1 atom stereocenters. The van der Waals surface area contributed by atoms with Gasteiger partial charge < -0.3 is 20.5 Å². The Hall–Kier alpha value is -1.42. The summed E-state index contributed by atoms with van der Waals surface area (Å²) in [5, 5.41) is 3.29. The van der Waals surface area contributed by atoms with Crippen molar-refractivity contribution in [2.45, 2.75) is 32.9 Å². The van der Waals surface area contributed by atoms with Crippen molar-refractivity contribution in [3.05, 3.63) is 18.2 Å². The van der Waals surface area contributed by atoms with Crippen LogP contribution in [0.25, 0.3) is 0 Å². The highest BCUT2D eigenvalue weighted by molar-refractivity contribution is 5.73. The van der Waals surface area contributed by atoms with Gasteiger partial charge in [-0.3, -0.25) is 0 Å². The number of benzene rings is 1. The molecule has 1 aromatic rings. The molecule has 0 heterocycles. The van der Waals surface area contributed by atoms with E-state index in [-0.39, 0.29) is 12.1 Å². The summed E-state index contributed by atoms with van der Waals surface area (Å²) in [6.45, 7) is 6.63. The molecule has 96 valence electrons. The highest BCUT2D eigenvalue weighted by Crippen LogP contribution is 2.30. The second-order valence-electron chi connectivity index (χ2n) is 4.38. The average molecular weight is 238 g/mol. The molecule has 0 spiro atoms. The van der Waals surface area contributed by atoms with E-state index in [9.17, 15) is 0 Å². The van der Waals surface area contributed by atoms with Crippen LogP contribution in [0.15, 0.2) is 18.2 Å². The summed E-state index contributed by atoms with van der Waals surface area (Å²) in [7, 11) is 1.68. The predicted molar refractivity (Wildman–Crippen MR) is 71.6 cm³/mol. The van der Waals surface area contributed by atoms with Crippen LogP contribution in [0.5, 0.6) is 5.75 Å². The standard InChI is InChI=1S/C13H22N2O2/c1-9(2)17-12-7-5-6-11(13(12)14)15-10(3)8-16-4/h5-7,9-10,15H,8,14H2,1-4H3. The number of hydrogen-bond acceptors (Lipinski definition) is 4. The summed E-state index contributed by atoms with van der Waals surface area (Å²) < 4.78 is 10.7. The van der Waals surface area contributed by atoms with Crippen molar-refractivity contribution >= 4 is 11.4 Å². The normalized spacial score (nSPS) is 12.5. The molecule has 4 nitrogen and oxygen atoms in total. The van der Waals surface area contributed by atoms with Crippen molar-refractivity contribution < 1.29 is 9.47 Å². The Kier molecular flexibility index (Phi) is 5.10. The topological polar surface area (TPSA) is 56.5 Å². The van der Waals surface area contributed by atoms with E-state index in [1.807, 2.05) is 39.0 Å². The molecule has 1 aromatic carbocycles. The highest BCUT2D eigenvalue weighted by atomic mass is 16.5. The Bertz CT molecular complexity index is 353. The molecule has 0 saturated heterocycles. The smallest absolute Gasteiger partial charge is 0.144 e. The van der Waals surface area contributed by atoms with Crippen LogP contribution >= 0.6 is 0 Å². The minimum absolute atomic E-state index is 0.115. The van der Waals surface area contributed by atoms with Crippen molar-refractivity contribution in [1.82, 2.24) is 0 Å². The van der Waals surface area contributed by atoms with E-state index in [0.29, 0.717) is 12.3 Å². The van der Waals surface area contributed by atoms with Crippen LogP contribution in [0.2, 0.25) is 0 Å². The van der Waals surface area contributed by atoms with Gasteiger partial charge in [-0.2, -0.15) is 0 Å². The molecule has 17 heavy (non-hydrogen) atoms. The molecule has 0 amide bonds. The van der Waals surface area contributed by atoms with Crippen molar-refractivity contribution in [1.29, 1.82) is 0 Å². The lowest BCUT2D eigenvalue weighted by Crippen LogP contribution is -2.21. The number of nitrogens with two attached hydrogens (primary N) is 1. The molecule has 0 fully saturated rings. The summed E-state index contributed by atoms with van der Waals surface area (Å²) in [5.41, 5.74) is 7.57. The fourth-order valence-corrected chi connectivity index (χ4v) is 1.58. The monoisotopic (exact) mass is 238 g/mol. The molecule has 0 aliphatic heterocycles. The van der Waals surface area contributed by atoms with E-state index < -0.39 is 0 Å². The minimum atomic E-state index is 0.115. The molecule has 4 heteroatoms. The molecule has 0 aliphatic rings. The highest BCUT2D eigenvalue weighted by Gasteiger charge is 2.09. The Balaban J connectivity index is 2.79. The van der Waals surface area contributed by atoms with Gasteiger partial charge in [-0.05, 0) is 32.9 Å². The SMILES string of the molecule is COCC(C)Nc1cccc(OC(C)C)c1N. The van der Waals surface area contributed by atoms with Gasteiger partial charge in [0.15, 0.2) is 0 Å². The van der Waals surface area contributed by atoms with Gasteiger partial charge in [-0.25, -0.2) is 0 Å². The van der Waals surface area contributed by atoms with Gasteiger partial charge >= 0.3 is 0 Å².